The van der Waals surface area contributed by atoms with Crippen molar-refractivity contribution in [3.8, 4) is 0 Å². The van der Waals surface area contributed by atoms with E-state index in [0.29, 0.717) is 18.1 Å². The van der Waals surface area contributed by atoms with E-state index in [9.17, 15) is 9.59 Å². The van der Waals surface area contributed by atoms with Gasteiger partial charge in [-0.2, -0.15) is 0 Å². The van der Waals surface area contributed by atoms with Gasteiger partial charge in [0.15, 0.2) is 12.6 Å². The highest BCUT2D eigenvalue weighted by Gasteiger charge is 2.12. The highest BCUT2D eigenvalue weighted by molar-refractivity contribution is 8.25. The summed E-state index contributed by atoms with van der Waals surface area (Å²) in [6.07, 6.45) is 1.24. The van der Waals surface area contributed by atoms with E-state index in [2.05, 4.69) is 0 Å². The van der Waals surface area contributed by atoms with Crippen LogP contribution < -0.4 is 0 Å². The fourth-order valence-electron chi connectivity index (χ4n) is 0.601. The van der Waals surface area contributed by atoms with Crippen molar-refractivity contribution in [3.63, 3.8) is 0 Å². The van der Waals surface area contributed by atoms with E-state index < -0.39 is 0 Å². The van der Waals surface area contributed by atoms with Gasteiger partial charge in [0.1, 0.15) is 0 Å². The zero-order valence-corrected chi connectivity index (χ0v) is 6.83. The third-order valence-electron chi connectivity index (χ3n) is 1.04. The normalized spacial score (nSPS) is 17.0. The topological polar surface area (TPSA) is 34.1 Å². The standard InChI is InChI=1S/C6H6O2S2/c7-3-5(4-8)6-9-1-2-10-6/h3-4H,1-2H2. The number of rotatable bonds is 2. The predicted octanol–water partition coefficient (Wildman–Crippen LogP) is 1.08. The summed E-state index contributed by atoms with van der Waals surface area (Å²) in [5.41, 5.74) is 0.299. The molecule has 4 heteroatoms. The van der Waals surface area contributed by atoms with E-state index in [1.807, 2.05) is 0 Å². The average Bonchev–Trinajstić information content (AvgIpc) is 2.43. The lowest BCUT2D eigenvalue weighted by atomic mass is 10.4. The molecule has 10 heavy (non-hydrogen) atoms. The minimum atomic E-state index is 0.299. The summed E-state index contributed by atoms with van der Waals surface area (Å²) in [7, 11) is 0. The van der Waals surface area contributed by atoms with Crippen molar-refractivity contribution in [3.05, 3.63) is 9.81 Å². The molecule has 0 unspecified atom stereocenters. The second-order valence-corrected chi connectivity index (χ2v) is 4.14. The molecule has 2 nitrogen and oxygen atoms in total. The molecular formula is C6H6O2S2. The van der Waals surface area contributed by atoms with Crippen molar-refractivity contribution in [1.29, 1.82) is 0 Å². The molecule has 54 valence electrons. The van der Waals surface area contributed by atoms with Gasteiger partial charge in [-0.1, -0.05) is 0 Å². The molecule has 1 aliphatic rings. The maximum Gasteiger partial charge on any atom is 0.155 e. The Balaban J connectivity index is 2.78. The number of carbonyl (C=O) groups excluding carboxylic acids is 2. The number of carbonyl (C=O) groups is 2. The zero-order valence-electron chi connectivity index (χ0n) is 5.20. The lowest BCUT2D eigenvalue weighted by Crippen LogP contribution is -1.86. The van der Waals surface area contributed by atoms with Crippen molar-refractivity contribution in [2.75, 3.05) is 11.5 Å². The minimum absolute atomic E-state index is 0.299. The number of thioether (sulfide) groups is 2. The molecule has 1 fully saturated rings. The first-order valence-electron chi connectivity index (χ1n) is 2.78. The van der Waals surface area contributed by atoms with Gasteiger partial charge < -0.3 is 0 Å². The number of hydrogen-bond acceptors (Lipinski definition) is 4. The summed E-state index contributed by atoms with van der Waals surface area (Å²) in [5, 5.41) is 0. The number of hydrogen-bond donors (Lipinski definition) is 0. The quantitative estimate of drug-likeness (QED) is 0.271. The lowest BCUT2D eigenvalue weighted by Gasteiger charge is -1.91. The highest BCUT2D eigenvalue weighted by Crippen LogP contribution is 2.37. The molecule has 0 radical (unpaired) electrons. The predicted molar refractivity (Wildman–Crippen MR) is 44.1 cm³/mol. The van der Waals surface area contributed by atoms with Crippen LogP contribution in [0.2, 0.25) is 0 Å². The van der Waals surface area contributed by atoms with Crippen LogP contribution >= 0.6 is 23.5 Å². The summed E-state index contributed by atoms with van der Waals surface area (Å²) in [6.45, 7) is 0. The van der Waals surface area contributed by atoms with Crippen LogP contribution in [0.1, 0.15) is 0 Å². The molecule has 1 heterocycles. The Morgan fingerprint density at radius 2 is 1.70 bits per heavy atom. The molecule has 0 aromatic carbocycles. The van der Waals surface area contributed by atoms with E-state index in [1.165, 1.54) is 0 Å². The molecule has 1 aliphatic heterocycles. The van der Waals surface area contributed by atoms with Gasteiger partial charge in [0.2, 0.25) is 0 Å². The summed E-state index contributed by atoms with van der Waals surface area (Å²) in [6, 6.07) is 0. The van der Waals surface area contributed by atoms with Crippen LogP contribution in [0.25, 0.3) is 0 Å². The molecule has 0 N–H and O–H groups in total. The van der Waals surface area contributed by atoms with Crippen LogP contribution in [0.5, 0.6) is 0 Å². The van der Waals surface area contributed by atoms with Crippen molar-refractivity contribution in [2.24, 2.45) is 0 Å². The molecule has 0 amide bonds. The van der Waals surface area contributed by atoms with Gasteiger partial charge in [0.05, 0.1) is 9.81 Å². The third kappa shape index (κ3) is 1.64. The smallest absolute Gasteiger partial charge is 0.155 e. The van der Waals surface area contributed by atoms with Crippen molar-refractivity contribution < 1.29 is 9.59 Å². The first-order chi connectivity index (χ1) is 4.88. The molecular weight excluding hydrogens is 168 g/mol. The third-order valence-corrected chi connectivity index (χ3v) is 3.82. The van der Waals surface area contributed by atoms with E-state index >= 15 is 0 Å². The van der Waals surface area contributed by atoms with Gasteiger partial charge in [-0.15, -0.1) is 23.5 Å². The second-order valence-electron chi connectivity index (χ2n) is 1.68. The molecule has 0 bridgehead atoms. The Bertz CT molecular complexity index is 168. The maximum absolute atomic E-state index is 10.2. The molecule has 0 saturated carbocycles. The van der Waals surface area contributed by atoms with Crippen LogP contribution in [0.4, 0.5) is 0 Å². The van der Waals surface area contributed by atoms with Crippen LogP contribution in [0, 0.1) is 0 Å². The van der Waals surface area contributed by atoms with E-state index in [4.69, 9.17) is 0 Å². The average molecular weight is 174 g/mol. The fraction of sp³-hybridized carbons (Fsp3) is 0.333. The molecule has 0 spiro atoms. The van der Waals surface area contributed by atoms with Crippen molar-refractivity contribution in [2.45, 2.75) is 0 Å². The summed E-state index contributed by atoms with van der Waals surface area (Å²) < 4.78 is 0.880. The molecule has 0 atom stereocenters. The van der Waals surface area contributed by atoms with E-state index in [0.717, 1.165) is 15.7 Å². The van der Waals surface area contributed by atoms with E-state index in [-0.39, 0.29) is 0 Å². The van der Waals surface area contributed by atoms with Crippen LogP contribution in [-0.4, -0.2) is 24.1 Å². The van der Waals surface area contributed by atoms with Crippen LogP contribution in [0.15, 0.2) is 9.81 Å². The Morgan fingerprint density at radius 1 is 1.20 bits per heavy atom. The Labute approximate surface area is 67.4 Å². The molecule has 0 aromatic heterocycles. The zero-order chi connectivity index (χ0) is 7.40. The summed E-state index contributed by atoms with van der Waals surface area (Å²) in [4.78, 5) is 20.4. The van der Waals surface area contributed by atoms with Gasteiger partial charge in [0, 0.05) is 11.5 Å². The highest BCUT2D eigenvalue weighted by atomic mass is 32.2. The SMILES string of the molecule is O=CC(C=O)=C1SCCS1. The number of allylic oxidation sites excluding steroid dienone is 1. The first kappa shape index (κ1) is 7.88. The van der Waals surface area contributed by atoms with Crippen molar-refractivity contribution >= 4 is 36.1 Å². The monoisotopic (exact) mass is 174 g/mol. The summed E-state index contributed by atoms with van der Waals surface area (Å²) in [5.74, 6) is 2.01. The Kier molecular flexibility index (Phi) is 3.02. The fourth-order valence-corrected chi connectivity index (χ4v) is 3.00. The Hall–Kier alpha value is -0.220. The van der Waals surface area contributed by atoms with Crippen molar-refractivity contribution in [1.82, 2.24) is 0 Å². The largest absolute Gasteiger partial charge is 0.298 e. The minimum Gasteiger partial charge on any atom is -0.298 e. The summed E-state index contributed by atoms with van der Waals surface area (Å²) >= 11 is 3.16. The lowest BCUT2D eigenvalue weighted by molar-refractivity contribution is -0.109. The van der Waals surface area contributed by atoms with Gasteiger partial charge in [-0.05, 0) is 0 Å². The van der Waals surface area contributed by atoms with Gasteiger partial charge in [-0.25, -0.2) is 0 Å². The molecule has 1 saturated heterocycles. The van der Waals surface area contributed by atoms with Gasteiger partial charge >= 0.3 is 0 Å². The number of aldehydes is 2. The van der Waals surface area contributed by atoms with Crippen LogP contribution in [0.3, 0.4) is 0 Å². The Morgan fingerprint density at radius 3 is 2.10 bits per heavy atom. The van der Waals surface area contributed by atoms with E-state index in [1.54, 1.807) is 23.5 Å². The molecule has 0 aromatic rings. The molecule has 1 rings (SSSR count). The first-order valence-corrected chi connectivity index (χ1v) is 4.76. The van der Waals surface area contributed by atoms with Gasteiger partial charge in [-0.3, -0.25) is 9.59 Å². The van der Waals surface area contributed by atoms with Gasteiger partial charge in [0.25, 0.3) is 0 Å². The van der Waals surface area contributed by atoms with Crippen LogP contribution in [-0.2, 0) is 9.59 Å². The maximum atomic E-state index is 10.2. The second kappa shape index (κ2) is 3.83. The molecule has 0 aliphatic carbocycles.